The highest BCUT2D eigenvalue weighted by atomic mass is 15.2. The van der Waals surface area contributed by atoms with E-state index in [2.05, 4.69) is 74.7 Å². The van der Waals surface area contributed by atoms with Crippen LogP contribution < -0.4 is 15.1 Å². The summed E-state index contributed by atoms with van der Waals surface area (Å²) in [5.74, 6) is 1.58. The van der Waals surface area contributed by atoms with Crippen molar-refractivity contribution in [3.63, 3.8) is 0 Å². The molecule has 138 valence electrons. The molecule has 4 rings (SSSR count). The zero-order valence-corrected chi connectivity index (χ0v) is 16.1. The number of hydrogen-bond donors (Lipinski definition) is 1. The summed E-state index contributed by atoms with van der Waals surface area (Å²) >= 11 is 0. The van der Waals surface area contributed by atoms with E-state index in [1.807, 2.05) is 21.0 Å². The van der Waals surface area contributed by atoms with Crippen LogP contribution in [-0.2, 0) is 6.42 Å². The van der Waals surface area contributed by atoms with Crippen LogP contribution in [0.3, 0.4) is 0 Å². The standard InChI is InChI=1S/C22H25N5/c1-16-15-21(27-14-6-8-17-7-4-5-9-20(17)27)25-22(23-16)24-18-10-12-19(13-11-18)26(2)3/h4-5,7,9-13,15H,6,8,14H2,1-3H3,(H,23,24,25). The Kier molecular flexibility index (Phi) is 4.67. The van der Waals surface area contributed by atoms with E-state index in [1.165, 1.54) is 11.3 Å². The Bertz CT molecular complexity index is 934. The van der Waals surface area contributed by atoms with Crippen LogP contribution in [0, 0.1) is 6.92 Å². The lowest BCUT2D eigenvalue weighted by Gasteiger charge is -2.30. The first-order valence-corrected chi connectivity index (χ1v) is 9.36. The Morgan fingerprint density at radius 3 is 2.56 bits per heavy atom. The number of aryl methyl sites for hydroxylation is 2. The fraction of sp³-hybridized carbons (Fsp3) is 0.273. The molecule has 0 radical (unpaired) electrons. The lowest BCUT2D eigenvalue weighted by molar-refractivity contribution is 0.758. The number of hydrogen-bond acceptors (Lipinski definition) is 5. The van der Waals surface area contributed by atoms with Gasteiger partial charge in [-0.3, -0.25) is 0 Å². The van der Waals surface area contributed by atoms with Crippen molar-refractivity contribution in [1.82, 2.24) is 9.97 Å². The van der Waals surface area contributed by atoms with E-state index >= 15 is 0 Å². The molecule has 1 aromatic heterocycles. The summed E-state index contributed by atoms with van der Waals surface area (Å²) in [6.45, 7) is 2.99. The molecule has 5 heteroatoms. The van der Waals surface area contributed by atoms with Crippen molar-refractivity contribution in [1.29, 1.82) is 0 Å². The molecule has 0 amide bonds. The van der Waals surface area contributed by atoms with Crippen LogP contribution in [0.15, 0.2) is 54.6 Å². The molecule has 27 heavy (non-hydrogen) atoms. The van der Waals surface area contributed by atoms with Gasteiger partial charge in [0.15, 0.2) is 0 Å². The average Bonchev–Trinajstić information content (AvgIpc) is 2.67. The van der Waals surface area contributed by atoms with Crippen molar-refractivity contribution in [2.24, 2.45) is 0 Å². The topological polar surface area (TPSA) is 44.3 Å². The summed E-state index contributed by atoms with van der Waals surface area (Å²) in [5.41, 5.74) is 5.74. The quantitative estimate of drug-likeness (QED) is 0.733. The molecule has 1 aliphatic rings. The minimum absolute atomic E-state index is 0.630. The Hall–Kier alpha value is -3.08. The molecule has 0 bridgehead atoms. The minimum Gasteiger partial charge on any atom is -0.378 e. The molecule has 3 aromatic rings. The fourth-order valence-corrected chi connectivity index (χ4v) is 3.49. The maximum absolute atomic E-state index is 4.80. The minimum atomic E-state index is 0.630. The molecule has 5 nitrogen and oxygen atoms in total. The van der Waals surface area contributed by atoms with E-state index in [0.717, 1.165) is 42.3 Å². The van der Waals surface area contributed by atoms with Gasteiger partial charge in [-0.1, -0.05) is 18.2 Å². The molecule has 0 unspecified atom stereocenters. The number of fused-ring (bicyclic) bond motifs is 1. The van der Waals surface area contributed by atoms with Crippen LogP contribution in [0.4, 0.5) is 28.8 Å². The third kappa shape index (κ3) is 3.72. The van der Waals surface area contributed by atoms with Crippen molar-refractivity contribution < 1.29 is 0 Å². The highest BCUT2D eigenvalue weighted by Gasteiger charge is 2.19. The van der Waals surface area contributed by atoms with Gasteiger partial charge in [-0.2, -0.15) is 4.98 Å². The van der Waals surface area contributed by atoms with Crippen LogP contribution >= 0.6 is 0 Å². The summed E-state index contributed by atoms with van der Waals surface area (Å²) in [5, 5.41) is 3.35. The number of benzene rings is 2. The molecule has 0 saturated heterocycles. The van der Waals surface area contributed by atoms with Gasteiger partial charge >= 0.3 is 0 Å². The predicted molar refractivity (Wildman–Crippen MR) is 113 cm³/mol. The zero-order valence-electron chi connectivity index (χ0n) is 16.1. The summed E-state index contributed by atoms with van der Waals surface area (Å²) < 4.78 is 0. The summed E-state index contributed by atoms with van der Waals surface area (Å²) in [6.07, 6.45) is 2.26. The number of nitrogens with one attached hydrogen (secondary N) is 1. The Balaban J connectivity index is 1.63. The molecule has 1 N–H and O–H groups in total. The van der Waals surface area contributed by atoms with Gasteiger partial charge in [-0.25, -0.2) is 4.98 Å². The smallest absolute Gasteiger partial charge is 0.229 e. The van der Waals surface area contributed by atoms with Crippen molar-refractivity contribution in [3.8, 4) is 0 Å². The van der Waals surface area contributed by atoms with E-state index < -0.39 is 0 Å². The fourth-order valence-electron chi connectivity index (χ4n) is 3.49. The van der Waals surface area contributed by atoms with E-state index in [-0.39, 0.29) is 0 Å². The predicted octanol–water partition coefficient (Wildman–Crippen LogP) is 4.68. The molecule has 0 spiro atoms. The van der Waals surface area contributed by atoms with Crippen LogP contribution in [-0.4, -0.2) is 30.6 Å². The third-order valence-corrected chi connectivity index (χ3v) is 4.87. The van der Waals surface area contributed by atoms with Gasteiger partial charge in [0.05, 0.1) is 0 Å². The van der Waals surface area contributed by atoms with Gasteiger partial charge in [0.2, 0.25) is 5.95 Å². The second kappa shape index (κ2) is 7.27. The first kappa shape index (κ1) is 17.3. The average molecular weight is 359 g/mol. The van der Waals surface area contributed by atoms with Crippen molar-refractivity contribution in [2.45, 2.75) is 19.8 Å². The number of para-hydroxylation sites is 1. The van der Waals surface area contributed by atoms with Gasteiger partial charge in [0, 0.05) is 49.5 Å². The Morgan fingerprint density at radius 2 is 1.78 bits per heavy atom. The Morgan fingerprint density at radius 1 is 1.00 bits per heavy atom. The molecule has 2 heterocycles. The molecule has 2 aromatic carbocycles. The van der Waals surface area contributed by atoms with Crippen LogP contribution in [0.25, 0.3) is 0 Å². The second-order valence-electron chi connectivity index (χ2n) is 7.14. The maximum Gasteiger partial charge on any atom is 0.229 e. The first-order valence-electron chi connectivity index (χ1n) is 9.36. The van der Waals surface area contributed by atoms with Gasteiger partial charge in [-0.15, -0.1) is 0 Å². The molecule has 0 atom stereocenters. The van der Waals surface area contributed by atoms with E-state index in [0.29, 0.717) is 5.95 Å². The van der Waals surface area contributed by atoms with Crippen LogP contribution in [0.5, 0.6) is 0 Å². The molecule has 1 aliphatic heterocycles. The van der Waals surface area contributed by atoms with Crippen molar-refractivity contribution in [2.75, 3.05) is 35.8 Å². The van der Waals surface area contributed by atoms with Crippen LogP contribution in [0.1, 0.15) is 17.7 Å². The monoisotopic (exact) mass is 359 g/mol. The van der Waals surface area contributed by atoms with Crippen molar-refractivity contribution >= 4 is 28.8 Å². The number of nitrogens with zero attached hydrogens (tertiary/aromatic N) is 4. The highest BCUT2D eigenvalue weighted by Crippen LogP contribution is 2.33. The summed E-state index contributed by atoms with van der Waals surface area (Å²) in [6, 6.07) is 18.9. The normalized spacial score (nSPS) is 13.2. The van der Waals surface area contributed by atoms with Crippen LogP contribution in [0.2, 0.25) is 0 Å². The maximum atomic E-state index is 4.80. The molecule has 0 saturated carbocycles. The first-order chi connectivity index (χ1) is 13.1. The van der Waals surface area contributed by atoms with E-state index in [9.17, 15) is 0 Å². The number of rotatable bonds is 4. The molecule has 0 aliphatic carbocycles. The van der Waals surface area contributed by atoms with Gasteiger partial charge < -0.3 is 15.1 Å². The molecular weight excluding hydrogens is 334 g/mol. The number of aromatic nitrogens is 2. The third-order valence-electron chi connectivity index (χ3n) is 4.87. The number of anilines is 5. The largest absolute Gasteiger partial charge is 0.378 e. The zero-order chi connectivity index (χ0) is 18.8. The lowest BCUT2D eigenvalue weighted by Crippen LogP contribution is -2.25. The van der Waals surface area contributed by atoms with Crippen molar-refractivity contribution in [3.05, 3.63) is 65.9 Å². The molecular formula is C22H25N5. The Labute approximate surface area is 160 Å². The second-order valence-corrected chi connectivity index (χ2v) is 7.14. The van der Waals surface area contributed by atoms with E-state index in [4.69, 9.17) is 4.98 Å². The van der Waals surface area contributed by atoms with Gasteiger partial charge in [0.25, 0.3) is 0 Å². The lowest BCUT2D eigenvalue weighted by atomic mass is 10.0. The summed E-state index contributed by atoms with van der Waals surface area (Å²) in [4.78, 5) is 13.8. The highest BCUT2D eigenvalue weighted by molar-refractivity contribution is 5.67. The SMILES string of the molecule is Cc1cc(N2CCCc3ccccc32)nc(Nc2ccc(N(C)C)cc2)n1. The van der Waals surface area contributed by atoms with E-state index in [1.54, 1.807) is 0 Å². The van der Waals surface area contributed by atoms with Gasteiger partial charge in [-0.05, 0) is 55.7 Å². The summed E-state index contributed by atoms with van der Waals surface area (Å²) in [7, 11) is 4.07. The molecule has 0 fully saturated rings. The van der Waals surface area contributed by atoms with Gasteiger partial charge in [0.1, 0.15) is 5.82 Å².